The molecular weight excluding hydrogens is 252 g/mol. The number of hydrogen-bond donors (Lipinski definition) is 1. The molecule has 6 heteroatoms. The number of anilines is 1. The minimum atomic E-state index is -0.479. The Bertz CT molecular complexity index is 437. The van der Waals surface area contributed by atoms with Crippen LogP contribution < -0.4 is 5.32 Å². The van der Waals surface area contributed by atoms with Crippen LogP contribution in [0.15, 0.2) is 18.2 Å². The third-order valence-electron chi connectivity index (χ3n) is 2.62. The van der Waals surface area contributed by atoms with Gasteiger partial charge in [0.15, 0.2) is 0 Å². The van der Waals surface area contributed by atoms with Crippen LogP contribution in [0.1, 0.15) is 23.7 Å². The lowest BCUT2D eigenvalue weighted by atomic mass is 10.2. The van der Waals surface area contributed by atoms with E-state index in [1.807, 2.05) is 6.26 Å². The fourth-order valence-electron chi connectivity index (χ4n) is 1.45. The first-order valence-corrected chi connectivity index (χ1v) is 6.87. The molecule has 18 heavy (non-hydrogen) atoms. The van der Waals surface area contributed by atoms with Crippen molar-refractivity contribution in [2.45, 2.75) is 18.6 Å². The summed E-state index contributed by atoms with van der Waals surface area (Å²) in [6, 6.07) is 4.43. The number of nitro groups is 1. The molecule has 1 N–H and O–H groups in total. The number of nitro benzene ring substituents is 1. The van der Waals surface area contributed by atoms with E-state index in [0.29, 0.717) is 29.3 Å². The Labute approximate surface area is 110 Å². The molecule has 1 aromatic rings. The Morgan fingerprint density at radius 3 is 2.83 bits per heavy atom. The molecule has 0 aromatic heterocycles. The Morgan fingerprint density at radius 2 is 2.28 bits per heavy atom. The molecule has 0 aliphatic carbocycles. The van der Waals surface area contributed by atoms with Crippen LogP contribution >= 0.6 is 11.8 Å². The lowest BCUT2D eigenvalue weighted by molar-refractivity contribution is -0.384. The quantitative estimate of drug-likeness (QED) is 0.467. The standard InChI is InChI=1S/C12H16N2O3S/c1-9(18-2)5-6-13-11-4-3-10(8-15)7-12(11)14(16)17/h3-4,7-9,13H,5-6H2,1-2H3. The van der Waals surface area contributed by atoms with Crippen molar-refractivity contribution in [3.05, 3.63) is 33.9 Å². The second-order valence-electron chi connectivity index (χ2n) is 3.91. The van der Waals surface area contributed by atoms with E-state index in [2.05, 4.69) is 12.2 Å². The Balaban J connectivity index is 2.75. The molecule has 5 nitrogen and oxygen atoms in total. The van der Waals surface area contributed by atoms with Gasteiger partial charge < -0.3 is 5.32 Å². The summed E-state index contributed by atoms with van der Waals surface area (Å²) in [6.45, 7) is 2.78. The van der Waals surface area contributed by atoms with Crippen molar-refractivity contribution >= 4 is 29.4 Å². The Kier molecular flexibility index (Phi) is 5.64. The number of nitrogens with one attached hydrogen (secondary N) is 1. The number of thioether (sulfide) groups is 1. The molecule has 0 aliphatic rings. The highest BCUT2D eigenvalue weighted by Gasteiger charge is 2.14. The van der Waals surface area contributed by atoms with Gasteiger partial charge in [-0.3, -0.25) is 14.9 Å². The van der Waals surface area contributed by atoms with Crippen LogP contribution in [0.25, 0.3) is 0 Å². The minimum Gasteiger partial charge on any atom is -0.379 e. The predicted molar refractivity (Wildman–Crippen MR) is 74.6 cm³/mol. The van der Waals surface area contributed by atoms with Crippen LogP contribution in [0.2, 0.25) is 0 Å². The maximum atomic E-state index is 10.9. The monoisotopic (exact) mass is 268 g/mol. The molecule has 0 fully saturated rings. The zero-order chi connectivity index (χ0) is 13.5. The molecular formula is C12H16N2O3S. The molecule has 0 saturated heterocycles. The van der Waals surface area contributed by atoms with Crippen molar-refractivity contribution in [3.8, 4) is 0 Å². The number of carbonyl (C=O) groups is 1. The second kappa shape index (κ2) is 7.00. The first-order chi connectivity index (χ1) is 8.58. The predicted octanol–water partition coefficient (Wildman–Crippen LogP) is 2.96. The fourth-order valence-corrected chi connectivity index (χ4v) is 1.80. The van der Waals surface area contributed by atoms with Crippen molar-refractivity contribution in [3.63, 3.8) is 0 Å². The third kappa shape index (κ3) is 4.03. The molecule has 1 unspecified atom stereocenters. The molecule has 0 heterocycles. The van der Waals surface area contributed by atoms with Gasteiger partial charge in [0.05, 0.1) is 4.92 Å². The molecule has 0 saturated carbocycles. The zero-order valence-corrected chi connectivity index (χ0v) is 11.2. The average Bonchev–Trinajstić information content (AvgIpc) is 2.38. The normalized spacial score (nSPS) is 11.9. The number of carbonyl (C=O) groups excluding carboxylic acids is 1. The highest BCUT2D eigenvalue weighted by molar-refractivity contribution is 7.99. The number of aldehydes is 1. The van der Waals surface area contributed by atoms with E-state index in [1.54, 1.807) is 23.9 Å². The molecule has 1 rings (SSSR count). The van der Waals surface area contributed by atoms with E-state index in [9.17, 15) is 14.9 Å². The van der Waals surface area contributed by atoms with Gasteiger partial charge in [-0.15, -0.1) is 0 Å². The highest BCUT2D eigenvalue weighted by Crippen LogP contribution is 2.25. The molecule has 98 valence electrons. The largest absolute Gasteiger partial charge is 0.379 e. The molecule has 0 radical (unpaired) electrons. The molecule has 0 aliphatic heterocycles. The van der Waals surface area contributed by atoms with Gasteiger partial charge in [0, 0.05) is 23.4 Å². The summed E-state index contributed by atoms with van der Waals surface area (Å²) in [6.07, 6.45) is 3.56. The van der Waals surface area contributed by atoms with E-state index in [1.165, 1.54) is 6.07 Å². The van der Waals surface area contributed by atoms with Crippen LogP contribution in [-0.4, -0.2) is 29.3 Å². The lowest BCUT2D eigenvalue weighted by Crippen LogP contribution is -2.09. The maximum absolute atomic E-state index is 10.9. The minimum absolute atomic E-state index is 0.0589. The smallest absolute Gasteiger partial charge is 0.293 e. The van der Waals surface area contributed by atoms with Crippen LogP contribution in [0.5, 0.6) is 0 Å². The van der Waals surface area contributed by atoms with Crippen molar-refractivity contribution < 1.29 is 9.72 Å². The van der Waals surface area contributed by atoms with Gasteiger partial charge >= 0.3 is 0 Å². The summed E-state index contributed by atoms with van der Waals surface area (Å²) in [5, 5.41) is 14.4. The van der Waals surface area contributed by atoms with E-state index >= 15 is 0 Å². The maximum Gasteiger partial charge on any atom is 0.293 e. The number of benzene rings is 1. The van der Waals surface area contributed by atoms with E-state index in [4.69, 9.17) is 0 Å². The number of rotatable bonds is 7. The topological polar surface area (TPSA) is 72.2 Å². The number of hydrogen-bond acceptors (Lipinski definition) is 5. The van der Waals surface area contributed by atoms with Gasteiger partial charge in [-0.1, -0.05) is 6.92 Å². The van der Waals surface area contributed by atoms with Gasteiger partial charge in [-0.2, -0.15) is 11.8 Å². The second-order valence-corrected chi connectivity index (χ2v) is 5.19. The molecule has 1 aromatic carbocycles. The molecule has 0 spiro atoms. The number of nitrogens with zero attached hydrogens (tertiary/aromatic N) is 1. The first kappa shape index (κ1) is 14.5. The zero-order valence-electron chi connectivity index (χ0n) is 10.4. The molecule has 1 atom stereocenters. The SMILES string of the molecule is CSC(C)CCNc1ccc(C=O)cc1[N+](=O)[O-]. The van der Waals surface area contributed by atoms with Crippen LogP contribution in [0, 0.1) is 10.1 Å². The molecule has 0 bridgehead atoms. The van der Waals surface area contributed by atoms with Gasteiger partial charge in [0.2, 0.25) is 0 Å². The lowest BCUT2D eigenvalue weighted by Gasteiger charge is -2.10. The fraction of sp³-hybridized carbons (Fsp3) is 0.417. The summed E-state index contributed by atoms with van der Waals surface area (Å²) in [5.74, 6) is 0. The van der Waals surface area contributed by atoms with Crippen LogP contribution in [0.4, 0.5) is 11.4 Å². The van der Waals surface area contributed by atoms with Gasteiger partial charge in [-0.25, -0.2) is 0 Å². The summed E-state index contributed by atoms with van der Waals surface area (Å²) >= 11 is 1.76. The average molecular weight is 268 g/mol. The third-order valence-corrected chi connectivity index (χ3v) is 3.66. The van der Waals surface area contributed by atoms with Gasteiger partial charge in [0.1, 0.15) is 12.0 Å². The summed E-state index contributed by atoms with van der Waals surface area (Å²) in [7, 11) is 0. The summed E-state index contributed by atoms with van der Waals surface area (Å²) in [5.41, 5.74) is 0.708. The van der Waals surface area contributed by atoms with Gasteiger partial charge in [-0.05, 0) is 24.8 Å². The van der Waals surface area contributed by atoms with Crippen LogP contribution in [-0.2, 0) is 0 Å². The summed E-state index contributed by atoms with van der Waals surface area (Å²) in [4.78, 5) is 21.0. The van der Waals surface area contributed by atoms with E-state index in [-0.39, 0.29) is 5.69 Å². The van der Waals surface area contributed by atoms with Crippen LogP contribution in [0.3, 0.4) is 0 Å². The van der Waals surface area contributed by atoms with Crippen molar-refractivity contribution in [2.24, 2.45) is 0 Å². The summed E-state index contributed by atoms with van der Waals surface area (Å²) < 4.78 is 0. The van der Waals surface area contributed by atoms with Crippen molar-refractivity contribution in [1.82, 2.24) is 0 Å². The van der Waals surface area contributed by atoms with E-state index < -0.39 is 4.92 Å². The van der Waals surface area contributed by atoms with Crippen molar-refractivity contribution in [2.75, 3.05) is 18.1 Å². The highest BCUT2D eigenvalue weighted by atomic mass is 32.2. The van der Waals surface area contributed by atoms with Gasteiger partial charge in [0.25, 0.3) is 5.69 Å². The Hall–Kier alpha value is -1.56. The van der Waals surface area contributed by atoms with Crippen molar-refractivity contribution in [1.29, 1.82) is 0 Å². The Morgan fingerprint density at radius 1 is 1.56 bits per heavy atom. The molecule has 0 amide bonds. The first-order valence-electron chi connectivity index (χ1n) is 5.58. The van der Waals surface area contributed by atoms with E-state index in [0.717, 1.165) is 6.42 Å².